The van der Waals surface area contributed by atoms with Crippen LogP contribution in [0.15, 0.2) is 12.1 Å². The molecule has 5 heteroatoms. The number of aliphatic hydroxyl groups is 1. The number of likely N-dealkylation sites (N-methyl/N-ethyl adjacent to an activating group) is 1. The van der Waals surface area contributed by atoms with E-state index in [0.717, 1.165) is 49.4 Å². The van der Waals surface area contributed by atoms with Crippen LogP contribution in [0.2, 0.25) is 0 Å². The van der Waals surface area contributed by atoms with E-state index in [1.54, 1.807) is 6.07 Å². The standard InChI is InChI=1S/C22H32N2O3/c1-13-4-7-17(25)19-18(13)21-10-11-24(12-15-5-6-15)14(2)22(21,26)9-8-16(23-3)20(21)27-19/h4,7,14-16,20,23,25-26H,5-6,8-12H2,1-3H3/t14-,16+,20+,21+,22-/m1/s1. The lowest BCUT2D eigenvalue weighted by Crippen LogP contribution is -2.75. The molecule has 148 valence electrons. The molecule has 3 N–H and O–H groups in total. The molecule has 2 heterocycles. The number of rotatable bonds is 3. The molecule has 1 aromatic rings. The fourth-order valence-electron chi connectivity index (χ4n) is 6.41. The third kappa shape index (κ3) is 2.22. The van der Waals surface area contributed by atoms with Crippen molar-refractivity contribution in [3.63, 3.8) is 0 Å². The van der Waals surface area contributed by atoms with Gasteiger partial charge in [0.15, 0.2) is 11.5 Å². The van der Waals surface area contributed by atoms with Gasteiger partial charge in [-0.05, 0) is 77.1 Å². The third-order valence-corrected chi connectivity index (χ3v) is 8.09. The van der Waals surface area contributed by atoms with Gasteiger partial charge < -0.3 is 20.3 Å². The van der Waals surface area contributed by atoms with Crippen molar-refractivity contribution >= 4 is 0 Å². The van der Waals surface area contributed by atoms with E-state index in [4.69, 9.17) is 4.74 Å². The third-order valence-electron chi connectivity index (χ3n) is 8.09. The molecule has 4 aliphatic rings. The molecule has 1 saturated heterocycles. The Morgan fingerprint density at radius 3 is 2.74 bits per heavy atom. The summed E-state index contributed by atoms with van der Waals surface area (Å²) in [6.07, 6.45) is 5.03. The SMILES string of the molecule is CN[C@H]1CC[C@@]2(O)[C@@H](C)N(CC3CC3)CC[C@@]23c2c(C)ccc(O)c2O[C@@H]13. The van der Waals surface area contributed by atoms with E-state index in [1.165, 1.54) is 12.8 Å². The van der Waals surface area contributed by atoms with E-state index in [2.05, 4.69) is 24.1 Å². The number of phenolic OH excluding ortho intramolecular Hbond substituents is 1. The van der Waals surface area contributed by atoms with Crippen LogP contribution in [0, 0.1) is 12.8 Å². The van der Waals surface area contributed by atoms with Crippen LogP contribution in [-0.2, 0) is 5.41 Å². The van der Waals surface area contributed by atoms with Gasteiger partial charge >= 0.3 is 0 Å². The van der Waals surface area contributed by atoms with Crippen molar-refractivity contribution in [1.29, 1.82) is 0 Å². The summed E-state index contributed by atoms with van der Waals surface area (Å²) >= 11 is 0. The summed E-state index contributed by atoms with van der Waals surface area (Å²) in [5.41, 5.74) is 0.856. The summed E-state index contributed by atoms with van der Waals surface area (Å²) in [7, 11) is 1.98. The van der Waals surface area contributed by atoms with Gasteiger partial charge in [-0.1, -0.05) is 6.07 Å². The van der Waals surface area contributed by atoms with Crippen molar-refractivity contribution in [3.8, 4) is 11.5 Å². The Morgan fingerprint density at radius 2 is 2.04 bits per heavy atom. The van der Waals surface area contributed by atoms with Crippen molar-refractivity contribution in [2.75, 3.05) is 20.1 Å². The highest BCUT2D eigenvalue weighted by Crippen LogP contribution is 2.62. The van der Waals surface area contributed by atoms with Crippen LogP contribution in [0.5, 0.6) is 11.5 Å². The number of nitrogens with zero attached hydrogens (tertiary/aromatic N) is 1. The lowest BCUT2D eigenvalue weighted by molar-refractivity contribution is -0.181. The zero-order valence-electron chi connectivity index (χ0n) is 16.7. The number of nitrogens with one attached hydrogen (secondary N) is 1. The molecule has 0 aromatic heterocycles. The number of likely N-dealkylation sites (tertiary alicyclic amines) is 1. The lowest BCUT2D eigenvalue weighted by Gasteiger charge is -2.61. The predicted molar refractivity (Wildman–Crippen MR) is 104 cm³/mol. The fourth-order valence-corrected chi connectivity index (χ4v) is 6.41. The zero-order valence-corrected chi connectivity index (χ0v) is 16.7. The molecule has 2 aliphatic heterocycles. The van der Waals surface area contributed by atoms with Crippen LogP contribution >= 0.6 is 0 Å². The number of ether oxygens (including phenoxy) is 1. The second-order valence-electron chi connectivity index (χ2n) is 9.34. The smallest absolute Gasteiger partial charge is 0.165 e. The fraction of sp³-hybridized carbons (Fsp3) is 0.727. The first-order valence-electron chi connectivity index (χ1n) is 10.6. The molecule has 0 radical (unpaired) electrons. The van der Waals surface area contributed by atoms with Crippen molar-refractivity contribution in [3.05, 3.63) is 23.3 Å². The number of aryl methyl sites for hydroxylation is 1. The largest absolute Gasteiger partial charge is 0.504 e. The molecule has 1 spiro atoms. The van der Waals surface area contributed by atoms with Crippen molar-refractivity contribution in [2.45, 2.75) is 75.2 Å². The molecule has 5 atom stereocenters. The van der Waals surface area contributed by atoms with Gasteiger partial charge in [-0.15, -0.1) is 0 Å². The number of phenols is 1. The van der Waals surface area contributed by atoms with Crippen LogP contribution in [-0.4, -0.2) is 59.0 Å². The van der Waals surface area contributed by atoms with Crippen LogP contribution in [0.3, 0.4) is 0 Å². The summed E-state index contributed by atoms with van der Waals surface area (Å²) in [4.78, 5) is 2.51. The highest BCUT2D eigenvalue weighted by molar-refractivity contribution is 5.60. The van der Waals surface area contributed by atoms with Gasteiger partial charge in [0.25, 0.3) is 0 Å². The zero-order chi connectivity index (χ0) is 19.0. The molecule has 27 heavy (non-hydrogen) atoms. The van der Waals surface area contributed by atoms with Crippen molar-refractivity contribution in [1.82, 2.24) is 10.2 Å². The highest BCUT2D eigenvalue weighted by atomic mass is 16.5. The molecule has 2 aliphatic carbocycles. The van der Waals surface area contributed by atoms with Gasteiger partial charge in [0.05, 0.1) is 11.0 Å². The second-order valence-corrected chi connectivity index (χ2v) is 9.34. The number of fused-ring (bicyclic) bond motifs is 1. The summed E-state index contributed by atoms with van der Waals surface area (Å²) in [6, 6.07) is 3.96. The van der Waals surface area contributed by atoms with E-state index in [-0.39, 0.29) is 23.9 Å². The summed E-state index contributed by atoms with van der Waals surface area (Å²) in [6.45, 7) is 6.37. The van der Waals surface area contributed by atoms with E-state index < -0.39 is 11.0 Å². The first-order chi connectivity index (χ1) is 12.9. The van der Waals surface area contributed by atoms with E-state index in [9.17, 15) is 10.2 Å². The Hall–Kier alpha value is -1.30. The van der Waals surface area contributed by atoms with E-state index in [1.807, 2.05) is 13.1 Å². The topological polar surface area (TPSA) is 65.0 Å². The first-order valence-corrected chi connectivity index (χ1v) is 10.6. The Kier molecular flexibility index (Phi) is 3.85. The van der Waals surface area contributed by atoms with Crippen molar-refractivity contribution in [2.24, 2.45) is 5.92 Å². The van der Waals surface area contributed by atoms with Crippen LogP contribution in [0.1, 0.15) is 50.2 Å². The van der Waals surface area contributed by atoms with Crippen LogP contribution in [0.4, 0.5) is 0 Å². The highest BCUT2D eigenvalue weighted by Gasteiger charge is 2.70. The molecular weight excluding hydrogens is 340 g/mol. The monoisotopic (exact) mass is 372 g/mol. The summed E-state index contributed by atoms with van der Waals surface area (Å²) in [5, 5.41) is 26.2. The van der Waals surface area contributed by atoms with Crippen molar-refractivity contribution < 1.29 is 14.9 Å². The quantitative estimate of drug-likeness (QED) is 0.760. The number of aromatic hydroxyl groups is 1. The normalized spacial score (nSPS) is 40.8. The van der Waals surface area contributed by atoms with E-state index >= 15 is 0 Å². The maximum absolute atomic E-state index is 12.3. The van der Waals surface area contributed by atoms with Gasteiger partial charge in [0.1, 0.15) is 6.10 Å². The first kappa shape index (κ1) is 17.8. The molecule has 0 amide bonds. The maximum Gasteiger partial charge on any atom is 0.165 e. The van der Waals surface area contributed by atoms with Crippen LogP contribution in [0.25, 0.3) is 0 Å². The minimum absolute atomic E-state index is 0.0865. The van der Waals surface area contributed by atoms with Crippen LogP contribution < -0.4 is 10.1 Å². The van der Waals surface area contributed by atoms with Gasteiger partial charge in [0.2, 0.25) is 0 Å². The number of hydrogen-bond acceptors (Lipinski definition) is 5. The number of piperidine rings is 1. The summed E-state index contributed by atoms with van der Waals surface area (Å²) in [5.74, 6) is 1.61. The maximum atomic E-state index is 12.3. The lowest BCUT2D eigenvalue weighted by atomic mass is 9.52. The molecule has 5 nitrogen and oxygen atoms in total. The molecule has 1 aromatic carbocycles. The molecule has 3 fully saturated rings. The van der Waals surface area contributed by atoms with Gasteiger partial charge in [0, 0.05) is 24.2 Å². The Labute approximate surface area is 161 Å². The number of benzene rings is 1. The Balaban J connectivity index is 1.65. The minimum Gasteiger partial charge on any atom is -0.504 e. The average molecular weight is 373 g/mol. The van der Waals surface area contributed by atoms with Gasteiger partial charge in [-0.3, -0.25) is 4.90 Å². The molecule has 5 rings (SSSR count). The second kappa shape index (κ2) is 5.85. The predicted octanol–water partition coefficient (Wildman–Crippen LogP) is 2.32. The van der Waals surface area contributed by atoms with Gasteiger partial charge in [-0.25, -0.2) is 0 Å². The number of hydrogen-bond donors (Lipinski definition) is 3. The molecule has 2 saturated carbocycles. The molecule has 0 bridgehead atoms. The molecule has 0 unspecified atom stereocenters. The minimum atomic E-state index is -0.845. The van der Waals surface area contributed by atoms with Gasteiger partial charge in [-0.2, -0.15) is 0 Å². The Bertz CT molecular complexity index is 764. The van der Waals surface area contributed by atoms with E-state index in [0.29, 0.717) is 5.75 Å². The average Bonchev–Trinajstić information content (AvgIpc) is 3.39. The summed E-state index contributed by atoms with van der Waals surface area (Å²) < 4.78 is 6.44. The Morgan fingerprint density at radius 1 is 1.26 bits per heavy atom. The molecular formula is C22H32N2O3.